The first-order valence-electron chi connectivity index (χ1n) is 12.5. The highest BCUT2D eigenvalue weighted by molar-refractivity contribution is 6.06. The number of halogens is 1. The minimum absolute atomic E-state index is 0. The van der Waals surface area contributed by atoms with Gasteiger partial charge in [0.25, 0.3) is 5.91 Å². The molecule has 3 aromatic carbocycles. The van der Waals surface area contributed by atoms with E-state index in [0.717, 1.165) is 53.7 Å². The van der Waals surface area contributed by atoms with Crippen molar-refractivity contribution in [1.82, 2.24) is 4.98 Å². The Hall–Kier alpha value is -4.17. The van der Waals surface area contributed by atoms with E-state index < -0.39 is 0 Å². The lowest BCUT2D eigenvalue weighted by atomic mass is 9.92. The van der Waals surface area contributed by atoms with Crippen LogP contribution in [0.4, 0.5) is 17.1 Å². The molecule has 0 atom stereocenters. The van der Waals surface area contributed by atoms with Crippen LogP contribution in [0.25, 0.3) is 10.9 Å². The molecule has 1 aliphatic rings. The third-order valence-electron chi connectivity index (χ3n) is 6.79. The lowest BCUT2D eigenvalue weighted by Crippen LogP contribution is -2.13. The summed E-state index contributed by atoms with van der Waals surface area (Å²) >= 11 is 0. The maximum Gasteiger partial charge on any atom is 0.255 e. The molecule has 0 spiro atoms. The number of carbonyl (C=O) groups is 1. The predicted molar refractivity (Wildman–Crippen MR) is 156 cm³/mol. The molecule has 0 aliphatic heterocycles. The van der Waals surface area contributed by atoms with Crippen LogP contribution in [-0.2, 0) is 12.8 Å². The molecule has 2 N–H and O–H groups in total. The minimum Gasteiger partial charge on any atom is -0.497 e. The molecule has 9 heteroatoms. The number of hydrogen-bond acceptors (Lipinski definition) is 7. The van der Waals surface area contributed by atoms with Crippen LogP contribution in [0.1, 0.15) is 34.5 Å². The second kappa shape index (κ2) is 12.1. The number of nitrogens with one attached hydrogen (secondary N) is 2. The Labute approximate surface area is 234 Å². The normalized spacial score (nSPS) is 12.1. The first-order valence-corrected chi connectivity index (χ1v) is 12.5. The Morgan fingerprint density at radius 2 is 1.46 bits per heavy atom. The summed E-state index contributed by atoms with van der Waals surface area (Å²) < 4.78 is 21.5. The number of aromatic nitrogens is 1. The predicted octanol–water partition coefficient (Wildman–Crippen LogP) is 6.57. The molecule has 0 bridgehead atoms. The molecule has 8 nitrogen and oxygen atoms in total. The maximum absolute atomic E-state index is 13.1. The van der Waals surface area contributed by atoms with Crippen LogP contribution in [0.15, 0.2) is 54.6 Å². The number of carbonyl (C=O) groups excluding carboxylic acids is 1. The van der Waals surface area contributed by atoms with Crippen molar-refractivity contribution in [3.63, 3.8) is 0 Å². The highest BCUT2D eigenvalue weighted by Gasteiger charge is 2.20. The van der Waals surface area contributed by atoms with Gasteiger partial charge in [-0.05, 0) is 73.7 Å². The van der Waals surface area contributed by atoms with Crippen molar-refractivity contribution in [3.8, 4) is 23.0 Å². The van der Waals surface area contributed by atoms with Crippen molar-refractivity contribution >= 4 is 46.3 Å². The van der Waals surface area contributed by atoms with Crippen LogP contribution < -0.4 is 29.6 Å². The number of benzene rings is 3. The van der Waals surface area contributed by atoms with E-state index in [9.17, 15) is 4.79 Å². The number of anilines is 3. The molecule has 0 saturated carbocycles. The fourth-order valence-corrected chi connectivity index (χ4v) is 4.84. The van der Waals surface area contributed by atoms with E-state index in [1.165, 1.54) is 5.56 Å². The number of rotatable bonds is 8. The van der Waals surface area contributed by atoms with Gasteiger partial charge in [-0.15, -0.1) is 12.4 Å². The molecule has 204 valence electrons. The molecule has 1 amide bonds. The van der Waals surface area contributed by atoms with Gasteiger partial charge in [-0.1, -0.05) is 0 Å². The lowest BCUT2D eigenvalue weighted by molar-refractivity contribution is 0.102. The summed E-state index contributed by atoms with van der Waals surface area (Å²) in [6.07, 6.45) is 4.12. The van der Waals surface area contributed by atoms with Crippen LogP contribution >= 0.6 is 12.4 Å². The highest BCUT2D eigenvalue weighted by atomic mass is 35.5. The van der Waals surface area contributed by atoms with Gasteiger partial charge in [0.05, 0.1) is 39.6 Å². The monoisotopic (exact) mass is 549 g/mol. The summed E-state index contributed by atoms with van der Waals surface area (Å²) in [6, 6.07) is 16.6. The summed E-state index contributed by atoms with van der Waals surface area (Å²) in [6.45, 7) is 0. The number of pyridine rings is 1. The third kappa shape index (κ3) is 5.81. The van der Waals surface area contributed by atoms with E-state index in [1.54, 1.807) is 46.6 Å². The van der Waals surface area contributed by atoms with E-state index in [-0.39, 0.29) is 18.3 Å². The number of aryl methyl sites for hydroxylation is 1. The van der Waals surface area contributed by atoms with Crippen LogP contribution in [-0.4, -0.2) is 39.3 Å². The summed E-state index contributed by atoms with van der Waals surface area (Å²) in [5.74, 6) is 2.14. The van der Waals surface area contributed by atoms with Gasteiger partial charge in [-0.3, -0.25) is 9.78 Å². The first kappa shape index (κ1) is 27.9. The summed E-state index contributed by atoms with van der Waals surface area (Å²) in [4.78, 5) is 18.1. The average molecular weight is 550 g/mol. The van der Waals surface area contributed by atoms with Gasteiger partial charge in [0.2, 0.25) is 0 Å². The molecule has 0 unspecified atom stereocenters. The van der Waals surface area contributed by atoms with Gasteiger partial charge in [0, 0.05) is 40.2 Å². The summed E-state index contributed by atoms with van der Waals surface area (Å²) in [5, 5.41) is 7.57. The Morgan fingerprint density at radius 3 is 2.15 bits per heavy atom. The molecular weight excluding hydrogens is 518 g/mol. The number of methoxy groups -OCH3 is 4. The van der Waals surface area contributed by atoms with Crippen LogP contribution in [0.3, 0.4) is 0 Å². The Bertz CT molecular complexity index is 1490. The van der Waals surface area contributed by atoms with E-state index in [2.05, 4.69) is 10.6 Å². The van der Waals surface area contributed by atoms with E-state index in [4.69, 9.17) is 23.9 Å². The SMILES string of the molecule is COc1cc(OC)cc(C(=O)Nc2ccc3nc4c(c(Nc5ccc(OC)c(OC)c5)c3c2)CCCC4)c1.Cl. The molecule has 0 radical (unpaired) electrons. The van der Waals surface area contributed by atoms with E-state index in [1.807, 2.05) is 36.4 Å². The molecule has 0 saturated heterocycles. The zero-order valence-corrected chi connectivity index (χ0v) is 23.2. The maximum atomic E-state index is 13.1. The molecule has 4 aromatic rings. The number of hydrogen-bond donors (Lipinski definition) is 2. The second-order valence-electron chi connectivity index (χ2n) is 9.10. The largest absolute Gasteiger partial charge is 0.497 e. The standard InChI is InChI=1S/C30H31N3O5.ClH/c1-35-21-13-18(14-22(17-21)36-2)30(34)32-19-9-11-26-24(15-19)29(23-7-5-6-8-25(23)33-26)31-20-10-12-27(37-3)28(16-20)38-4;/h9-17H,5-8H2,1-4H3,(H,31,33)(H,32,34);1H. The van der Waals surface area contributed by atoms with Gasteiger partial charge < -0.3 is 29.6 Å². The molecule has 0 fully saturated rings. The Balaban J connectivity index is 0.00000353. The van der Waals surface area contributed by atoms with Gasteiger partial charge in [0.1, 0.15) is 11.5 Å². The third-order valence-corrected chi connectivity index (χ3v) is 6.79. The average Bonchev–Trinajstić information content (AvgIpc) is 2.96. The Kier molecular flexibility index (Phi) is 8.66. The molecule has 39 heavy (non-hydrogen) atoms. The van der Waals surface area contributed by atoms with E-state index in [0.29, 0.717) is 34.2 Å². The Morgan fingerprint density at radius 1 is 0.769 bits per heavy atom. The topological polar surface area (TPSA) is 90.9 Å². The van der Waals surface area contributed by atoms with Gasteiger partial charge in [-0.2, -0.15) is 0 Å². The summed E-state index contributed by atoms with van der Waals surface area (Å²) in [5.41, 5.74) is 6.17. The molecule has 1 heterocycles. The number of nitrogens with zero attached hydrogens (tertiary/aromatic N) is 1. The number of amides is 1. The fourth-order valence-electron chi connectivity index (χ4n) is 4.84. The van der Waals surface area contributed by atoms with Crippen molar-refractivity contribution in [2.24, 2.45) is 0 Å². The lowest BCUT2D eigenvalue weighted by Gasteiger charge is -2.22. The molecule has 1 aliphatic carbocycles. The molecule has 1 aromatic heterocycles. The van der Waals surface area contributed by atoms with Gasteiger partial charge >= 0.3 is 0 Å². The van der Waals surface area contributed by atoms with Crippen molar-refractivity contribution < 1.29 is 23.7 Å². The first-order chi connectivity index (χ1) is 18.5. The highest BCUT2D eigenvalue weighted by Crippen LogP contribution is 2.38. The van der Waals surface area contributed by atoms with Crippen molar-refractivity contribution in [2.75, 3.05) is 39.1 Å². The quantitative estimate of drug-likeness (QED) is 0.257. The van der Waals surface area contributed by atoms with Crippen LogP contribution in [0.5, 0.6) is 23.0 Å². The van der Waals surface area contributed by atoms with E-state index >= 15 is 0 Å². The van der Waals surface area contributed by atoms with Crippen molar-refractivity contribution in [3.05, 3.63) is 71.4 Å². The van der Waals surface area contributed by atoms with Crippen LogP contribution in [0, 0.1) is 0 Å². The van der Waals surface area contributed by atoms with Crippen molar-refractivity contribution in [1.29, 1.82) is 0 Å². The van der Waals surface area contributed by atoms with Crippen molar-refractivity contribution in [2.45, 2.75) is 25.7 Å². The zero-order chi connectivity index (χ0) is 26.6. The number of ether oxygens (including phenoxy) is 4. The zero-order valence-electron chi connectivity index (χ0n) is 22.4. The van der Waals surface area contributed by atoms with Crippen LogP contribution in [0.2, 0.25) is 0 Å². The number of fused-ring (bicyclic) bond motifs is 2. The van der Waals surface area contributed by atoms with Gasteiger partial charge in [0.15, 0.2) is 11.5 Å². The molecule has 5 rings (SSSR count). The molecular formula is C30H32ClN3O5. The second-order valence-corrected chi connectivity index (χ2v) is 9.10. The smallest absolute Gasteiger partial charge is 0.255 e. The summed E-state index contributed by atoms with van der Waals surface area (Å²) in [7, 11) is 6.36. The fraction of sp³-hybridized carbons (Fsp3) is 0.267. The minimum atomic E-state index is -0.262. The van der Waals surface area contributed by atoms with Gasteiger partial charge in [-0.25, -0.2) is 0 Å².